The van der Waals surface area contributed by atoms with Crippen LogP contribution >= 0.6 is 0 Å². The molecule has 1 N–H and O–H groups in total. The van der Waals surface area contributed by atoms with Crippen molar-refractivity contribution in [3.8, 4) is 0 Å². The number of benzene rings is 1. The van der Waals surface area contributed by atoms with E-state index in [0.29, 0.717) is 17.8 Å². The van der Waals surface area contributed by atoms with Crippen molar-refractivity contribution in [1.82, 2.24) is 19.6 Å². The number of aliphatic hydroxyl groups is 1. The summed E-state index contributed by atoms with van der Waals surface area (Å²) in [7, 11) is 0. The Bertz CT molecular complexity index is 1180. The minimum Gasteiger partial charge on any atom is -0.382 e. The third kappa shape index (κ3) is 2.32. The Morgan fingerprint density at radius 1 is 1.27 bits per heavy atom. The fourth-order valence-electron chi connectivity index (χ4n) is 6.01. The summed E-state index contributed by atoms with van der Waals surface area (Å²) in [6, 6.07) is 9.07. The number of rotatable bonds is 3. The van der Waals surface area contributed by atoms with E-state index in [1.807, 2.05) is 0 Å². The Labute approximate surface area is 176 Å². The zero-order chi connectivity index (χ0) is 20.7. The number of aromatic nitrogens is 3. The van der Waals surface area contributed by atoms with Crippen molar-refractivity contribution in [3.63, 3.8) is 0 Å². The molecule has 6 nitrogen and oxygen atoms in total. The standard InChI is InChI=1S/C24H28N4O2/c1-4-24-11-7-12-27-13-10-16-15-8-5-6-9-17(15)28(19(16)20(24)27)18(14-24)21-25-22(26-30-21)23(2,3)29/h5-6,8-9,14,20,29H,4,7,10-13H2,1-3H3/t20-,24+/m1/s1. The zero-order valence-electron chi connectivity index (χ0n) is 17.9. The summed E-state index contributed by atoms with van der Waals surface area (Å²) in [5.41, 5.74) is 3.98. The molecule has 30 heavy (non-hydrogen) atoms. The minimum atomic E-state index is -1.14. The summed E-state index contributed by atoms with van der Waals surface area (Å²) in [6.45, 7) is 7.97. The average Bonchev–Trinajstić information content (AvgIpc) is 3.36. The highest BCUT2D eigenvalue weighted by Gasteiger charge is 2.51. The molecule has 3 aliphatic rings. The van der Waals surface area contributed by atoms with Gasteiger partial charge in [-0.15, -0.1) is 0 Å². The van der Waals surface area contributed by atoms with Gasteiger partial charge in [0.05, 0.1) is 11.6 Å². The molecule has 3 aromatic rings. The van der Waals surface area contributed by atoms with Crippen LogP contribution in [0.15, 0.2) is 34.9 Å². The van der Waals surface area contributed by atoms with Crippen LogP contribution in [0, 0.1) is 5.41 Å². The first kappa shape index (κ1) is 18.3. The molecule has 2 atom stereocenters. The lowest BCUT2D eigenvalue weighted by Crippen LogP contribution is -2.50. The quantitative estimate of drug-likeness (QED) is 0.707. The molecule has 0 bridgehead atoms. The van der Waals surface area contributed by atoms with Crippen LogP contribution in [0.25, 0.3) is 16.6 Å². The van der Waals surface area contributed by atoms with Crippen molar-refractivity contribution < 1.29 is 9.63 Å². The van der Waals surface area contributed by atoms with Gasteiger partial charge in [0.25, 0.3) is 5.89 Å². The molecule has 0 spiro atoms. The number of hydrogen-bond donors (Lipinski definition) is 1. The predicted octanol–water partition coefficient (Wildman–Crippen LogP) is 4.24. The summed E-state index contributed by atoms with van der Waals surface area (Å²) in [5, 5.41) is 15.8. The summed E-state index contributed by atoms with van der Waals surface area (Å²) in [5.74, 6) is 0.811. The van der Waals surface area contributed by atoms with Gasteiger partial charge in [0.2, 0.25) is 5.82 Å². The van der Waals surface area contributed by atoms with E-state index in [4.69, 9.17) is 4.52 Å². The predicted molar refractivity (Wildman–Crippen MR) is 115 cm³/mol. The molecule has 2 aromatic heterocycles. The lowest BCUT2D eigenvalue weighted by molar-refractivity contribution is 0.0269. The van der Waals surface area contributed by atoms with Gasteiger partial charge < -0.3 is 14.2 Å². The largest absolute Gasteiger partial charge is 0.382 e. The second kappa shape index (κ2) is 6.05. The monoisotopic (exact) mass is 404 g/mol. The molecule has 0 saturated carbocycles. The van der Waals surface area contributed by atoms with Crippen molar-refractivity contribution in [2.24, 2.45) is 5.41 Å². The van der Waals surface area contributed by atoms with Crippen molar-refractivity contribution in [2.45, 2.75) is 58.1 Å². The Hall–Kier alpha value is -2.44. The van der Waals surface area contributed by atoms with E-state index in [0.717, 1.165) is 25.1 Å². The maximum absolute atomic E-state index is 10.4. The van der Waals surface area contributed by atoms with E-state index in [1.165, 1.54) is 41.5 Å². The van der Waals surface area contributed by atoms with E-state index in [1.54, 1.807) is 13.8 Å². The number of para-hydroxylation sites is 1. The molecule has 3 aliphatic heterocycles. The van der Waals surface area contributed by atoms with Crippen molar-refractivity contribution in [2.75, 3.05) is 13.1 Å². The maximum Gasteiger partial charge on any atom is 0.274 e. The molecular formula is C24H28N4O2. The van der Waals surface area contributed by atoms with Crippen LogP contribution in [0.3, 0.4) is 0 Å². The van der Waals surface area contributed by atoms with E-state index in [-0.39, 0.29) is 5.41 Å². The third-order valence-corrected chi connectivity index (χ3v) is 7.44. The normalized spacial score (nSPS) is 26.0. The van der Waals surface area contributed by atoms with E-state index in [9.17, 15) is 5.11 Å². The highest BCUT2D eigenvalue weighted by molar-refractivity contribution is 5.91. The second-order valence-corrected chi connectivity index (χ2v) is 9.61. The molecule has 5 heterocycles. The molecule has 0 aliphatic carbocycles. The average molecular weight is 405 g/mol. The smallest absolute Gasteiger partial charge is 0.274 e. The minimum absolute atomic E-state index is 0.0660. The Balaban J connectivity index is 1.67. The SMILES string of the molecule is CC[C@@]12C=C(c3nc(C(C)(C)O)no3)n3c4c(c5ccccc53)CCN(CCC1)[C@H]42. The Morgan fingerprint density at radius 3 is 2.87 bits per heavy atom. The molecule has 6 heteroatoms. The van der Waals surface area contributed by atoms with E-state index in [2.05, 4.69) is 56.9 Å². The second-order valence-electron chi connectivity index (χ2n) is 9.61. The summed E-state index contributed by atoms with van der Waals surface area (Å²) in [4.78, 5) is 7.32. The molecular weight excluding hydrogens is 376 g/mol. The summed E-state index contributed by atoms with van der Waals surface area (Å²) < 4.78 is 8.10. The fourth-order valence-corrected chi connectivity index (χ4v) is 6.01. The molecule has 156 valence electrons. The zero-order valence-corrected chi connectivity index (χ0v) is 17.9. The van der Waals surface area contributed by atoms with Gasteiger partial charge in [-0.1, -0.05) is 30.3 Å². The fraction of sp³-hybridized carbons (Fsp3) is 0.500. The van der Waals surface area contributed by atoms with Gasteiger partial charge in [-0.05, 0) is 63.8 Å². The molecule has 0 amide bonds. The van der Waals surface area contributed by atoms with Crippen LogP contribution in [-0.2, 0) is 12.0 Å². The number of nitrogens with zero attached hydrogens (tertiary/aromatic N) is 4. The lowest BCUT2D eigenvalue weighted by atomic mass is 9.66. The maximum atomic E-state index is 10.4. The highest BCUT2D eigenvalue weighted by Crippen LogP contribution is 2.57. The molecule has 1 aromatic carbocycles. The topological polar surface area (TPSA) is 67.3 Å². The van der Waals surface area contributed by atoms with Gasteiger partial charge in [0.1, 0.15) is 11.3 Å². The summed E-state index contributed by atoms with van der Waals surface area (Å²) >= 11 is 0. The Kier molecular flexibility index (Phi) is 3.70. The Morgan fingerprint density at radius 2 is 2.10 bits per heavy atom. The van der Waals surface area contributed by atoms with Crippen LogP contribution < -0.4 is 0 Å². The first-order valence-corrected chi connectivity index (χ1v) is 11.1. The molecule has 0 unspecified atom stereocenters. The third-order valence-electron chi connectivity index (χ3n) is 7.44. The van der Waals surface area contributed by atoms with Crippen LogP contribution in [0.1, 0.15) is 69.0 Å². The lowest BCUT2D eigenvalue weighted by Gasteiger charge is -2.53. The molecule has 1 saturated heterocycles. The van der Waals surface area contributed by atoms with Gasteiger partial charge in [-0.25, -0.2) is 0 Å². The molecule has 6 rings (SSSR count). The summed E-state index contributed by atoms with van der Waals surface area (Å²) in [6.07, 6.45) is 6.93. The van der Waals surface area contributed by atoms with Crippen molar-refractivity contribution in [3.05, 3.63) is 53.3 Å². The van der Waals surface area contributed by atoms with E-state index < -0.39 is 5.60 Å². The van der Waals surface area contributed by atoms with Crippen LogP contribution in [0.5, 0.6) is 0 Å². The number of piperidine rings is 1. The van der Waals surface area contributed by atoms with Crippen molar-refractivity contribution >= 4 is 16.6 Å². The van der Waals surface area contributed by atoms with Gasteiger partial charge in [-0.3, -0.25) is 4.90 Å². The van der Waals surface area contributed by atoms with Crippen LogP contribution in [0.4, 0.5) is 0 Å². The number of fused-ring (bicyclic) bond motifs is 3. The highest BCUT2D eigenvalue weighted by atomic mass is 16.5. The number of hydrogen-bond acceptors (Lipinski definition) is 5. The van der Waals surface area contributed by atoms with Gasteiger partial charge in [0, 0.05) is 23.0 Å². The first-order valence-electron chi connectivity index (χ1n) is 11.1. The van der Waals surface area contributed by atoms with Crippen molar-refractivity contribution in [1.29, 1.82) is 0 Å². The first-order chi connectivity index (χ1) is 14.4. The van der Waals surface area contributed by atoms with Crippen LogP contribution in [0.2, 0.25) is 0 Å². The van der Waals surface area contributed by atoms with Gasteiger partial charge in [-0.2, -0.15) is 4.98 Å². The van der Waals surface area contributed by atoms with Crippen LogP contribution in [-0.4, -0.2) is 37.8 Å². The molecule has 0 radical (unpaired) electrons. The molecule has 1 fully saturated rings. The van der Waals surface area contributed by atoms with Gasteiger partial charge >= 0.3 is 0 Å². The van der Waals surface area contributed by atoms with Gasteiger partial charge in [0.15, 0.2) is 0 Å². The van der Waals surface area contributed by atoms with E-state index >= 15 is 0 Å².